The van der Waals surface area contributed by atoms with E-state index in [0.29, 0.717) is 32.4 Å². The molecule has 26 heavy (non-hydrogen) atoms. The lowest BCUT2D eigenvalue weighted by atomic mass is 10.2. The highest BCUT2D eigenvalue weighted by Gasteiger charge is 2.15. The number of imidazole rings is 1. The van der Waals surface area contributed by atoms with Crippen LogP contribution in [0.1, 0.15) is 22.5 Å². The number of hydrogen-bond acceptors (Lipinski definition) is 4. The van der Waals surface area contributed by atoms with Gasteiger partial charge in [0, 0.05) is 7.05 Å². The number of benzene rings is 2. The van der Waals surface area contributed by atoms with Gasteiger partial charge in [0.1, 0.15) is 0 Å². The van der Waals surface area contributed by atoms with Gasteiger partial charge in [0.15, 0.2) is 0 Å². The Morgan fingerprint density at radius 3 is 1.85 bits per heavy atom. The van der Waals surface area contributed by atoms with E-state index in [1.54, 1.807) is 7.11 Å². The predicted octanol–water partition coefficient (Wildman–Crippen LogP) is 3.86. The van der Waals surface area contributed by atoms with Crippen molar-refractivity contribution in [1.82, 2.24) is 9.55 Å². The third kappa shape index (κ3) is 4.71. The van der Waals surface area contributed by atoms with Gasteiger partial charge in [0.2, 0.25) is 0 Å². The maximum absolute atomic E-state index is 5.88. The lowest BCUT2D eigenvalue weighted by Gasteiger charge is -2.09. The average Bonchev–Trinajstić information content (AvgIpc) is 2.99. The van der Waals surface area contributed by atoms with E-state index >= 15 is 0 Å². The first-order valence-corrected chi connectivity index (χ1v) is 8.59. The van der Waals surface area contributed by atoms with Gasteiger partial charge in [-0.15, -0.1) is 0 Å². The van der Waals surface area contributed by atoms with Gasteiger partial charge < -0.3 is 14.2 Å². The van der Waals surface area contributed by atoms with Crippen molar-refractivity contribution in [3.8, 4) is 6.01 Å². The Bertz CT molecular complexity index is 801. The fraction of sp³-hybridized carbons (Fsp3) is 0.286. The Labute approximate surface area is 154 Å². The smallest absolute Gasteiger partial charge is 0.296 e. The van der Waals surface area contributed by atoms with Crippen LogP contribution in [0.2, 0.25) is 0 Å². The highest BCUT2D eigenvalue weighted by molar-refractivity contribution is 5.20. The lowest BCUT2D eigenvalue weighted by molar-refractivity contribution is 0.0892. The summed E-state index contributed by atoms with van der Waals surface area (Å²) in [5.74, 6) is 0. The van der Waals surface area contributed by atoms with Crippen LogP contribution < -0.4 is 4.74 Å². The van der Waals surface area contributed by atoms with Crippen molar-refractivity contribution in [2.75, 3.05) is 7.11 Å². The quantitative estimate of drug-likeness (QED) is 0.587. The molecule has 0 atom stereocenters. The molecule has 0 N–H and O–H groups in total. The first-order chi connectivity index (χ1) is 12.8. The van der Waals surface area contributed by atoms with Crippen LogP contribution in [-0.2, 0) is 42.9 Å². The third-order valence-corrected chi connectivity index (χ3v) is 4.14. The van der Waals surface area contributed by atoms with Gasteiger partial charge in [0.25, 0.3) is 6.01 Å². The number of methoxy groups -OCH3 is 1. The molecular formula is C21H24N2O3. The first kappa shape index (κ1) is 18.2. The second-order valence-corrected chi connectivity index (χ2v) is 6.01. The zero-order valence-electron chi connectivity index (χ0n) is 15.2. The summed E-state index contributed by atoms with van der Waals surface area (Å²) in [7, 11) is 3.54. The van der Waals surface area contributed by atoms with Gasteiger partial charge in [-0.2, -0.15) is 4.98 Å². The van der Waals surface area contributed by atoms with Crippen molar-refractivity contribution >= 4 is 0 Å². The van der Waals surface area contributed by atoms with Crippen LogP contribution in [0, 0.1) is 0 Å². The molecular weight excluding hydrogens is 328 g/mol. The van der Waals surface area contributed by atoms with E-state index in [4.69, 9.17) is 14.2 Å². The molecule has 0 spiro atoms. The number of hydrogen-bond donors (Lipinski definition) is 0. The molecule has 0 fully saturated rings. The second-order valence-electron chi connectivity index (χ2n) is 6.01. The van der Waals surface area contributed by atoms with Crippen LogP contribution in [0.15, 0.2) is 60.7 Å². The number of ether oxygens (including phenoxy) is 3. The minimum atomic E-state index is 0.413. The fourth-order valence-electron chi connectivity index (χ4n) is 2.72. The van der Waals surface area contributed by atoms with E-state index in [9.17, 15) is 0 Å². The molecule has 0 aliphatic rings. The van der Waals surface area contributed by atoms with Crippen LogP contribution >= 0.6 is 0 Å². The summed E-state index contributed by atoms with van der Waals surface area (Å²) in [5.41, 5.74) is 4.08. The Balaban J connectivity index is 1.61. The zero-order valence-corrected chi connectivity index (χ0v) is 15.2. The minimum Gasteiger partial charge on any atom is -0.468 e. The van der Waals surface area contributed by atoms with Gasteiger partial charge in [-0.25, -0.2) is 0 Å². The number of rotatable bonds is 9. The minimum absolute atomic E-state index is 0.413. The molecule has 0 amide bonds. The summed E-state index contributed by atoms with van der Waals surface area (Å²) >= 11 is 0. The Morgan fingerprint density at radius 2 is 1.31 bits per heavy atom. The topological polar surface area (TPSA) is 45.5 Å². The van der Waals surface area contributed by atoms with Crippen molar-refractivity contribution in [3.05, 3.63) is 83.2 Å². The molecule has 0 aliphatic carbocycles. The molecule has 1 aromatic heterocycles. The monoisotopic (exact) mass is 352 g/mol. The lowest BCUT2D eigenvalue weighted by Crippen LogP contribution is -2.05. The number of nitrogens with zero attached hydrogens (tertiary/aromatic N) is 2. The molecule has 0 bridgehead atoms. The van der Waals surface area contributed by atoms with Gasteiger partial charge in [-0.1, -0.05) is 60.7 Å². The van der Waals surface area contributed by atoms with Crippen molar-refractivity contribution in [2.24, 2.45) is 7.05 Å². The van der Waals surface area contributed by atoms with Crippen LogP contribution in [-0.4, -0.2) is 16.7 Å². The summed E-state index contributed by atoms with van der Waals surface area (Å²) in [6, 6.07) is 20.8. The summed E-state index contributed by atoms with van der Waals surface area (Å²) in [4.78, 5) is 4.52. The molecule has 3 rings (SSSR count). The Morgan fingerprint density at radius 1 is 0.769 bits per heavy atom. The van der Waals surface area contributed by atoms with E-state index < -0.39 is 0 Å². The largest absolute Gasteiger partial charge is 0.468 e. The average molecular weight is 352 g/mol. The molecule has 1 heterocycles. The van der Waals surface area contributed by atoms with Crippen LogP contribution in [0.3, 0.4) is 0 Å². The Hall–Kier alpha value is -2.63. The summed E-state index contributed by atoms with van der Waals surface area (Å²) in [6.45, 7) is 1.96. The van der Waals surface area contributed by atoms with Crippen LogP contribution in [0.25, 0.3) is 0 Å². The summed E-state index contributed by atoms with van der Waals surface area (Å²) in [5, 5.41) is 0. The molecule has 0 aliphatic heterocycles. The van der Waals surface area contributed by atoms with Gasteiger partial charge in [0.05, 0.1) is 44.9 Å². The van der Waals surface area contributed by atoms with Crippen LogP contribution in [0.5, 0.6) is 6.01 Å². The summed E-state index contributed by atoms with van der Waals surface area (Å²) in [6.07, 6.45) is 0. The fourth-order valence-corrected chi connectivity index (χ4v) is 2.72. The predicted molar refractivity (Wildman–Crippen MR) is 99.6 cm³/mol. The highest BCUT2D eigenvalue weighted by Crippen LogP contribution is 2.19. The van der Waals surface area contributed by atoms with Crippen molar-refractivity contribution in [2.45, 2.75) is 26.4 Å². The molecule has 136 valence electrons. The third-order valence-electron chi connectivity index (χ3n) is 4.14. The van der Waals surface area contributed by atoms with Crippen molar-refractivity contribution < 1.29 is 14.2 Å². The zero-order chi connectivity index (χ0) is 18.2. The normalized spacial score (nSPS) is 10.8. The maximum Gasteiger partial charge on any atom is 0.296 e. The molecule has 3 aromatic rings. The van der Waals surface area contributed by atoms with Crippen molar-refractivity contribution in [3.63, 3.8) is 0 Å². The SMILES string of the molecule is COc1nc(COCc2ccccc2)c(COCc2ccccc2)n1C. The van der Waals surface area contributed by atoms with E-state index in [1.807, 2.05) is 72.3 Å². The van der Waals surface area contributed by atoms with E-state index in [2.05, 4.69) is 4.98 Å². The summed E-state index contributed by atoms with van der Waals surface area (Å²) < 4.78 is 19.0. The molecule has 0 unspecified atom stereocenters. The van der Waals surface area contributed by atoms with Gasteiger partial charge in [-0.3, -0.25) is 4.57 Å². The standard InChI is InChI=1S/C21H24N2O3/c1-23-20(16-26-14-18-11-7-4-8-12-18)19(22-21(23)24-2)15-25-13-17-9-5-3-6-10-17/h3-12H,13-16H2,1-2H3. The van der Waals surface area contributed by atoms with Gasteiger partial charge in [-0.05, 0) is 11.1 Å². The van der Waals surface area contributed by atoms with Gasteiger partial charge >= 0.3 is 0 Å². The second kappa shape index (κ2) is 9.17. The molecule has 2 aromatic carbocycles. The molecule has 0 saturated carbocycles. The Kier molecular flexibility index (Phi) is 6.41. The molecule has 5 nitrogen and oxygen atoms in total. The molecule has 5 heteroatoms. The maximum atomic E-state index is 5.88. The van der Waals surface area contributed by atoms with E-state index in [1.165, 1.54) is 0 Å². The van der Waals surface area contributed by atoms with Crippen molar-refractivity contribution in [1.29, 1.82) is 0 Å². The van der Waals surface area contributed by atoms with E-state index in [-0.39, 0.29) is 0 Å². The molecule has 0 radical (unpaired) electrons. The number of aromatic nitrogens is 2. The highest BCUT2D eigenvalue weighted by atomic mass is 16.5. The first-order valence-electron chi connectivity index (χ1n) is 8.59. The van der Waals surface area contributed by atoms with E-state index in [0.717, 1.165) is 22.5 Å². The molecule has 0 saturated heterocycles. The van der Waals surface area contributed by atoms with Crippen LogP contribution in [0.4, 0.5) is 0 Å².